The molecule has 4 nitrogen and oxygen atoms in total. The van der Waals surface area contributed by atoms with E-state index in [1.165, 1.54) is 5.56 Å². The monoisotopic (exact) mass is 245 g/mol. The Labute approximate surface area is 107 Å². The van der Waals surface area contributed by atoms with E-state index in [9.17, 15) is 5.11 Å². The molecule has 2 rings (SSSR count). The van der Waals surface area contributed by atoms with E-state index in [2.05, 4.69) is 17.3 Å². The second-order valence-electron chi connectivity index (χ2n) is 4.65. The molecule has 18 heavy (non-hydrogen) atoms. The van der Waals surface area contributed by atoms with Gasteiger partial charge in [-0.25, -0.2) is 0 Å². The number of aromatic hydroxyl groups is 1. The van der Waals surface area contributed by atoms with Gasteiger partial charge in [-0.1, -0.05) is 12.1 Å². The fourth-order valence-corrected chi connectivity index (χ4v) is 1.90. The fourth-order valence-electron chi connectivity index (χ4n) is 1.90. The highest BCUT2D eigenvalue weighted by Crippen LogP contribution is 2.13. The van der Waals surface area contributed by atoms with Gasteiger partial charge in [0.05, 0.1) is 11.9 Å². The minimum atomic E-state index is 0.320. The maximum atomic E-state index is 9.21. The summed E-state index contributed by atoms with van der Waals surface area (Å²) in [5.41, 5.74) is 2.29. The predicted molar refractivity (Wildman–Crippen MR) is 72.7 cm³/mol. The number of hydrogen-bond donors (Lipinski definition) is 2. The lowest BCUT2D eigenvalue weighted by Crippen LogP contribution is -2.15. The summed E-state index contributed by atoms with van der Waals surface area (Å²) in [6, 6.07) is 7.78. The molecule has 0 aliphatic rings. The van der Waals surface area contributed by atoms with Gasteiger partial charge in [-0.05, 0) is 37.5 Å². The molecule has 2 N–H and O–H groups in total. The van der Waals surface area contributed by atoms with Crippen molar-refractivity contribution in [1.29, 1.82) is 0 Å². The van der Waals surface area contributed by atoms with Crippen molar-refractivity contribution in [2.45, 2.75) is 25.8 Å². The molecule has 1 unspecified atom stereocenters. The SMILES string of the molecule is CC(CCc1ccc(O)cc1)Nc1cnn(C)c1. The van der Waals surface area contributed by atoms with E-state index in [0.29, 0.717) is 11.8 Å². The van der Waals surface area contributed by atoms with E-state index in [1.807, 2.05) is 31.6 Å². The zero-order chi connectivity index (χ0) is 13.0. The van der Waals surface area contributed by atoms with Gasteiger partial charge in [0.15, 0.2) is 0 Å². The normalized spacial score (nSPS) is 12.3. The lowest BCUT2D eigenvalue weighted by molar-refractivity contribution is 0.475. The van der Waals surface area contributed by atoms with Crippen molar-refractivity contribution in [3.8, 4) is 5.75 Å². The first-order valence-electron chi connectivity index (χ1n) is 6.16. The van der Waals surface area contributed by atoms with Crippen molar-refractivity contribution in [2.75, 3.05) is 5.32 Å². The average Bonchev–Trinajstić information content (AvgIpc) is 2.74. The van der Waals surface area contributed by atoms with Crippen LogP contribution in [-0.2, 0) is 13.5 Å². The largest absolute Gasteiger partial charge is 0.508 e. The molecule has 4 heteroatoms. The van der Waals surface area contributed by atoms with Gasteiger partial charge in [-0.3, -0.25) is 4.68 Å². The molecule has 0 fully saturated rings. The molecule has 1 aromatic heterocycles. The number of phenols is 1. The molecule has 1 aromatic carbocycles. The van der Waals surface area contributed by atoms with Crippen molar-refractivity contribution in [2.24, 2.45) is 7.05 Å². The van der Waals surface area contributed by atoms with Crippen LogP contribution >= 0.6 is 0 Å². The standard InChI is InChI=1S/C14H19N3O/c1-11(16-13-9-15-17(2)10-13)3-4-12-5-7-14(18)8-6-12/h5-11,16,18H,3-4H2,1-2H3. The van der Waals surface area contributed by atoms with E-state index in [4.69, 9.17) is 0 Å². The molecule has 0 bridgehead atoms. The van der Waals surface area contributed by atoms with Crippen molar-refractivity contribution < 1.29 is 5.11 Å². The summed E-state index contributed by atoms with van der Waals surface area (Å²) in [4.78, 5) is 0. The van der Waals surface area contributed by atoms with Gasteiger partial charge < -0.3 is 10.4 Å². The number of anilines is 1. The third-order valence-electron chi connectivity index (χ3n) is 2.92. The van der Waals surface area contributed by atoms with Gasteiger partial charge >= 0.3 is 0 Å². The number of nitrogens with one attached hydrogen (secondary N) is 1. The Morgan fingerprint density at radius 3 is 2.67 bits per heavy atom. The molecule has 2 aromatic rings. The van der Waals surface area contributed by atoms with E-state index < -0.39 is 0 Å². The predicted octanol–water partition coefficient (Wildman–Crippen LogP) is 2.56. The molecule has 0 aliphatic carbocycles. The Bertz CT molecular complexity index is 490. The molecule has 0 radical (unpaired) electrons. The summed E-state index contributed by atoms with van der Waals surface area (Å²) in [5.74, 6) is 0.320. The molecule has 0 aliphatic heterocycles. The van der Waals surface area contributed by atoms with Gasteiger partial charge in [0, 0.05) is 19.3 Å². The Morgan fingerprint density at radius 2 is 2.06 bits per heavy atom. The molecule has 1 atom stereocenters. The Morgan fingerprint density at radius 1 is 1.33 bits per heavy atom. The zero-order valence-corrected chi connectivity index (χ0v) is 10.8. The number of hydrogen-bond acceptors (Lipinski definition) is 3. The van der Waals surface area contributed by atoms with Gasteiger partial charge in [0.25, 0.3) is 0 Å². The molecule has 0 saturated carbocycles. The Balaban J connectivity index is 1.81. The fraction of sp³-hybridized carbons (Fsp3) is 0.357. The summed E-state index contributed by atoms with van der Waals surface area (Å²) >= 11 is 0. The average molecular weight is 245 g/mol. The van der Waals surface area contributed by atoms with E-state index in [0.717, 1.165) is 18.5 Å². The Hall–Kier alpha value is -1.97. The van der Waals surface area contributed by atoms with Gasteiger partial charge in [0.2, 0.25) is 0 Å². The van der Waals surface area contributed by atoms with Crippen LogP contribution in [0.3, 0.4) is 0 Å². The smallest absolute Gasteiger partial charge is 0.115 e. The van der Waals surface area contributed by atoms with Crippen molar-refractivity contribution in [1.82, 2.24) is 9.78 Å². The minimum Gasteiger partial charge on any atom is -0.508 e. The molecule has 0 amide bonds. The van der Waals surface area contributed by atoms with Crippen molar-refractivity contribution in [3.63, 3.8) is 0 Å². The summed E-state index contributed by atoms with van der Waals surface area (Å²) in [6.45, 7) is 2.16. The number of nitrogens with zero attached hydrogens (tertiary/aromatic N) is 2. The lowest BCUT2D eigenvalue weighted by atomic mass is 10.1. The summed E-state index contributed by atoms with van der Waals surface area (Å²) in [5, 5.41) is 16.7. The first-order chi connectivity index (χ1) is 8.63. The summed E-state index contributed by atoms with van der Waals surface area (Å²) in [7, 11) is 1.91. The van der Waals surface area contributed by atoms with Crippen LogP contribution in [0, 0.1) is 0 Å². The van der Waals surface area contributed by atoms with Crippen LogP contribution in [0.2, 0.25) is 0 Å². The highest BCUT2D eigenvalue weighted by atomic mass is 16.3. The van der Waals surface area contributed by atoms with Crippen LogP contribution in [0.5, 0.6) is 5.75 Å². The second kappa shape index (κ2) is 5.58. The van der Waals surface area contributed by atoms with E-state index in [1.54, 1.807) is 16.8 Å². The molecule has 1 heterocycles. The Kier molecular flexibility index (Phi) is 3.87. The quantitative estimate of drug-likeness (QED) is 0.851. The van der Waals surface area contributed by atoms with Gasteiger partial charge in [-0.2, -0.15) is 5.10 Å². The number of benzene rings is 1. The maximum absolute atomic E-state index is 9.21. The van der Waals surface area contributed by atoms with Crippen LogP contribution in [0.15, 0.2) is 36.7 Å². The summed E-state index contributed by atoms with van der Waals surface area (Å²) < 4.78 is 1.79. The topological polar surface area (TPSA) is 50.1 Å². The first-order valence-corrected chi connectivity index (χ1v) is 6.16. The highest BCUT2D eigenvalue weighted by Gasteiger charge is 2.04. The number of aryl methyl sites for hydroxylation is 2. The van der Waals surface area contributed by atoms with Crippen molar-refractivity contribution >= 4 is 5.69 Å². The second-order valence-corrected chi connectivity index (χ2v) is 4.65. The molecule has 96 valence electrons. The first kappa shape index (κ1) is 12.5. The highest BCUT2D eigenvalue weighted by molar-refractivity contribution is 5.39. The third kappa shape index (κ3) is 3.52. The summed E-state index contributed by atoms with van der Waals surface area (Å²) in [6.07, 6.45) is 5.84. The molecule has 0 spiro atoms. The molecule has 0 saturated heterocycles. The lowest BCUT2D eigenvalue weighted by Gasteiger charge is -2.13. The van der Waals surface area contributed by atoms with Crippen molar-refractivity contribution in [3.05, 3.63) is 42.2 Å². The van der Waals surface area contributed by atoms with Crippen LogP contribution in [0.4, 0.5) is 5.69 Å². The molecular weight excluding hydrogens is 226 g/mol. The van der Waals surface area contributed by atoms with Crippen LogP contribution < -0.4 is 5.32 Å². The number of aromatic nitrogens is 2. The van der Waals surface area contributed by atoms with Gasteiger partial charge in [-0.15, -0.1) is 0 Å². The molecular formula is C14H19N3O. The van der Waals surface area contributed by atoms with Crippen LogP contribution in [-0.4, -0.2) is 20.9 Å². The maximum Gasteiger partial charge on any atom is 0.115 e. The van der Waals surface area contributed by atoms with E-state index in [-0.39, 0.29) is 0 Å². The zero-order valence-electron chi connectivity index (χ0n) is 10.8. The van der Waals surface area contributed by atoms with E-state index >= 15 is 0 Å². The third-order valence-corrected chi connectivity index (χ3v) is 2.92. The van der Waals surface area contributed by atoms with Gasteiger partial charge in [0.1, 0.15) is 5.75 Å². The minimum absolute atomic E-state index is 0.320. The number of rotatable bonds is 5. The number of phenolic OH excluding ortho intramolecular Hbond substituents is 1. The van der Waals surface area contributed by atoms with Crippen LogP contribution in [0.25, 0.3) is 0 Å². The van der Waals surface area contributed by atoms with Crippen LogP contribution in [0.1, 0.15) is 18.9 Å².